The van der Waals surface area contributed by atoms with Crippen molar-refractivity contribution in [2.75, 3.05) is 26.2 Å². The predicted octanol–water partition coefficient (Wildman–Crippen LogP) is 4.57. The first-order chi connectivity index (χ1) is 16.2. The van der Waals surface area contributed by atoms with Gasteiger partial charge in [0, 0.05) is 38.2 Å². The normalized spacial score (nSPS) is 13.6. The molecule has 1 heterocycles. The zero-order valence-corrected chi connectivity index (χ0v) is 18.9. The van der Waals surface area contributed by atoms with Crippen LogP contribution in [0, 0.1) is 0 Å². The first kappa shape index (κ1) is 22.6. The van der Waals surface area contributed by atoms with E-state index in [2.05, 4.69) is 12.1 Å². The van der Waals surface area contributed by atoms with Crippen LogP contribution in [-0.4, -0.2) is 47.8 Å². The average Bonchev–Trinajstić information content (AvgIpc) is 2.88. The monoisotopic (exact) mass is 442 g/mol. The number of benzene rings is 3. The molecule has 3 aromatic carbocycles. The third-order valence-corrected chi connectivity index (χ3v) is 5.97. The van der Waals surface area contributed by atoms with E-state index in [9.17, 15) is 9.59 Å². The molecule has 3 aromatic rings. The van der Waals surface area contributed by atoms with E-state index in [1.54, 1.807) is 0 Å². The van der Waals surface area contributed by atoms with Crippen LogP contribution in [-0.2, 0) is 17.8 Å². The van der Waals surface area contributed by atoms with Gasteiger partial charge in [-0.1, -0.05) is 60.7 Å². The lowest BCUT2D eigenvalue weighted by Gasteiger charge is -2.35. The second-order valence-corrected chi connectivity index (χ2v) is 8.31. The summed E-state index contributed by atoms with van der Waals surface area (Å²) in [4.78, 5) is 29.2. The summed E-state index contributed by atoms with van der Waals surface area (Å²) in [6, 6.07) is 27.5. The number of rotatable bonds is 8. The summed E-state index contributed by atoms with van der Waals surface area (Å²) in [7, 11) is 0. The average molecular weight is 443 g/mol. The molecule has 170 valence electrons. The van der Waals surface area contributed by atoms with Crippen molar-refractivity contribution in [2.45, 2.75) is 25.9 Å². The van der Waals surface area contributed by atoms with Gasteiger partial charge in [-0.2, -0.15) is 0 Å². The fourth-order valence-corrected chi connectivity index (χ4v) is 4.01. The van der Waals surface area contributed by atoms with Crippen molar-refractivity contribution in [1.29, 1.82) is 0 Å². The molecule has 0 aliphatic carbocycles. The van der Waals surface area contributed by atoms with Gasteiger partial charge in [-0.3, -0.25) is 9.59 Å². The largest absolute Gasteiger partial charge is 0.489 e. The zero-order chi connectivity index (χ0) is 22.9. The third kappa shape index (κ3) is 6.45. The van der Waals surface area contributed by atoms with Crippen molar-refractivity contribution >= 4 is 11.8 Å². The van der Waals surface area contributed by atoms with Crippen LogP contribution in [0.1, 0.15) is 34.3 Å². The van der Waals surface area contributed by atoms with E-state index in [0.29, 0.717) is 44.8 Å². The van der Waals surface area contributed by atoms with E-state index in [1.807, 2.05) is 82.6 Å². The van der Waals surface area contributed by atoms with Crippen LogP contribution in [0.5, 0.6) is 5.75 Å². The Morgan fingerprint density at radius 3 is 1.97 bits per heavy atom. The molecular formula is C28H30N2O3. The number of hydrogen-bond donors (Lipinski definition) is 0. The number of carbonyl (C=O) groups excluding carboxylic acids is 2. The van der Waals surface area contributed by atoms with Crippen molar-refractivity contribution in [1.82, 2.24) is 9.80 Å². The summed E-state index contributed by atoms with van der Waals surface area (Å²) in [5.41, 5.74) is 2.95. The molecule has 1 saturated heterocycles. The second-order valence-electron chi connectivity index (χ2n) is 8.31. The van der Waals surface area contributed by atoms with Gasteiger partial charge in [-0.15, -0.1) is 0 Å². The van der Waals surface area contributed by atoms with Gasteiger partial charge in [0.05, 0.1) is 0 Å². The van der Waals surface area contributed by atoms with Crippen molar-refractivity contribution in [2.24, 2.45) is 0 Å². The van der Waals surface area contributed by atoms with Gasteiger partial charge in [-0.05, 0) is 48.2 Å². The van der Waals surface area contributed by atoms with E-state index in [1.165, 1.54) is 5.56 Å². The fraction of sp³-hybridized carbons (Fsp3) is 0.286. The molecule has 1 aliphatic rings. The minimum atomic E-state index is 0.0155. The molecule has 4 rings (SSSR count). The van der Waals surface area contributed by atoms with Gasteiger partial charge in [0.1, 0.15) is 12.4 Å². The van der Waals surface area contributed by atoms with Crippen LogP contribution in [0.4, 0.5) is 0 Å². The van der Waals surface area contributed by atoms with Gasteiger partial charge in [0.15, 0.2) is 0 Å². The van der Waals surface area contributed by atoms with E-state index < -0.39 is 0 Å². The lowest BCUT2D eigenvalue weighted by Crippen LogP contribution is -2.50. The van der Waals surface area contributed by atoms with Crippen molar-refractivity contribution in [3.05, 3.63) is 102 Å². The van der Waals surface area contributed by atoms with Crippen LogP contribution in [0.15, 0.2) is 84.9 Å². The molecule has 1 fully saturated rings. The Hall–Kier alpha value is -3.60. The van der Waals surface area contributed by atoms with E-state index >= 15 is 0 Å². The Morgan fingerprint density at radius 1 is 0.697 bits per heavy atom. The summed E-state index contributed by atoms with van der Waals surface area (Å²) in [5.74, 6) is 1.02. The second kappa shape index (κ2) is 11.3. The maximum Gasteiger partial charge on any atom is 0.253 e. The Kier molecular flexibility index (Phi) is 7.75. The number of ether oxygens (including phenoxy) is 1. The molecule has 0 saturated carbocycles. The number of para-hydroxylation sites is 1. The highest BCUT2D eigenvalue weighted by molar-refractivity contribution is 5.94. The van der Waals surface area contributed by atoms with Gasteiger partial charge in [0.25, 0.3) is 5.91 Å². The minimum Gasteiger partial charge on any atom is -0.489 e. The summed E-state index contributed by atoms with van der Waals surface area (Å²) in [5, 5.41) is 0. The standard InChI is InChI=1S/C28H30N2O3/c31-27(13-7-10-23-8-3-1-4-9-23)29-18-20-30(21-19-29)28(32)25-16-14-24(15-17-25)22-33-26-11-5-2-6-12-26/h1-6,8-9,11-12,14-17H,7,10,13,18-22H2. The number of carbonyl (C=O) groups is 2. The topological polar surface area (TPSA) is 49.9 Å². The van der Waals surface area contributed by atoms with Gasteiger partial charge in [-0.25, -0.2) is 0 Å². The molecule has 0 atom stereocenters. The molecule has 0 bridgehead atoms. The van der Waals surface area contributed by atoms with Gasteiger partial charge in [0.2, 0.25) is 5.91 Å². The number of piperazine rings is 1. The Morgan fingerprint density at radius 2 is 1.30 bits per heavy atom. The molecule has 1 aliphatic heterocycles. The molecule has 0 aromatic heterocycles. The van der Waals surface area contributed by atoms with E-state index in [0.717, 1.165) is 24.2 Å². The Labute approximate surface area is 195 Å². The molecule has 2 amide bonds. The quantitative estimate of drug-likeness (QED) is 0.513. The SMILES string of the molecule is O=C(CCCc1ccccc1)N1CCN(C(=O)c2ccc(COc3ccccc3)cc2)CC1. The molecular weight excluding hydrogens is 412 g/mol. The molecule has 0 unspecified atom stereocenters. The van der Waals surface area contributed by atoms with Gasteiger partial charge >= 0.3 is 0 Å². The highest BCUT2D eigenvalue weighted by atomic mass is 16.5. The number of hydrogen-bond acceptors (Lipinski definition) is 3. The minimum absolute atomic E-state index is 0.0155. The van der Waals surface area contributed by atoms with Crippen molar-refractivity contribution in [3.8, 4) is 5.75 Å². The van der Waals surface area contributed by atoms with E-state index in [4.69, 9.17) is 4.74 Å². The van der Waals surface area contributed by atoms with Crippen molar-refractivity contribution in [3.63, 3.8) is 0 Å². The van der Waals surface area contributed by atoms with Crippen LogP contribution < -0.4 is 4.74 Å². The highest BCUT2D eigenvalue weighted by Gasteiger charge is 2.24. The summed E-state index contributed by atoms with van der Waals surface area (Å²) < 4.78 is 5.76. The molecule has 5 nitrogen and oxygen atoms in total. The Balaban J connectivity index is 1.20. The molecule has 5 heteroatoms. The first-order valence-electron chi connectivity index (χ1n) is 11.6. The maximum atomic E-state index is 12.9. The number of amides is 2. The predicted molar refractivity (Wildman–Crippen MR) is 129 cm³/mol. The summed E-state index contributed by atoms with van der Waals surface area (Å²) in [6.45, 7) is 2.80. The molecule has 0 N–H and O–H groups in total. The van der Waals surface area contributed by atoms with Crippen molar-refractivity contribution < 1.29 is 14.3 Å². The lowest BCUT2D eigenvalue weighted by atomic mass is 10.1. The van der Waals surface area contributed by atoms with Gasteiger partial charge < -0.3 is 14.5 Å². The summed E-state index contributed by atoms with van der Waals surface area (Å²) in [6.07, 6.45) is 2.31. The molecule has 0 radical (unpaired) electrons. The fourth-order valence-electron chi connectivity index (χ4n) is 4.01. The van der Waals surface area contributed by atoms with Crippen LogP contribution in [0.2, 0.25) is 0 Å². The van der Waals surface area contributed by atoms with E-state index in [-0.39, 0.29) is 11.8 Å². The first-order valence-corrected chi connectivity index (χ1v) is 11.6. The van der Waals surface area contributed by atoms with Crippen LogP contribution in [0.3, 0.4) is 0 Å². The number of aryl methyl sites for hydroxylation is 1. The third-order valence-electron chi connectivity index (χ3n) is 5.97. The lowest BCUT2D eigenvalue weighted by molar-refractivity contribution is -0.132. The molecule has 0 spiro atoms. The Bertz CT molecular complexity index is 1030. The van der Waals surface area contributed by atoms with Crippen LogP contribution in [0.25, 0.3) is 0 Å². The summed E-state index contributed by atoms with van der Waals surface area (Å²) >= 11 is 0. The molecule has 33 heavy (non-hydrogen) atoms. The smallest absolute Gasteiger partial charge is 0.253 e. The highest BCUT2D eigenvalue weighted by Crippen LogP contribution is 2.15. The number of nitrogens with zero attached hydrogens (tertiary/aromatic N) is 2. The van der Waals surface area contributed by atoms with Crippen LogP contribution >= 0.6 is 0 Å². The zero-order valence-electron chi connectivity index (χ0n) is 18.9. The maximum absolute atomic E-state index is 12.9.